The lowest BCUT2D eigenvalue weighted by molar-refractivity contribution is -0.137. The third kappa shape index (κ3) is 4.59. The number of rotatable bonds is 2. The molecule has 0 radical (unpaired) electrons. The van der Waals surface area contributed by atoms with Crippen LogP contribution < -0.4 is 10.2 Å². The molecular formula is C18H25F3N4O. The number of hydrogen-bond donors (Lipinski definition) is 1. The SMILES string of the molecule is CC1CCN(C(=O)NC2CCN(c3ccc(C(F)(F)F)cn3)CC2)CC1. The second-order valence-electron chi connectivity index (χ2n) is 7.28. The fraction of sp³-hybridized carbons (Fsp3) is 0.667. The van der Waals surface area contributed by atoms with Gasteiger partial charge in [0.05, 0.1) is 5.56 Å². The van der Waals surface area contributed by atoms with Crippen LogP contribution >= 0.6 is 0 Å². The molecule has 1 aromatic rings. The van der Waals surface area contributed by atoms with Gasteiger partial charge in [-0.15, -0.1) is 0 Å². The molecule has 1 aromatic heterocycles. The van der Waals surface area contributed by atoms with Crippen LogP contribution in [0.5, 0.6) is 0 Å². The Morgan fingerprint density at radius 2 is 1.77 bits per heavy atom. The average Bonchev–Trinajstić information content (AvgIpc) is 2.62. The van der Waals surface area contributed by atoms with Crippen molar-refractivity contribution in [3.63, 3.8) is 0 Å². The first-order valence-corrected chi connectivity index (χ1v) is 9.16. The van der Waals surface area contributed by atoms with E-state index in [-0.39, 0.29) is 12.1 Å². The molecule has 3 heterocycles. The Bertz CT molecular complexity index is 604. The minimum Gasteiger partial charge on any atom is -0.356 e. The van der Waals surface area contributed by atoms with Crippen molar-refractivity contribution >= 4 is 11.8 Å². The first-order chi connectivity index (χ1) is 12.3. The van der Waals surface area contributed by atoms with Crippen LogP contribution in [0, 0.1) is 5.92 Å². The van der Waals surface area contributed by atoms with E-state index < -0.39 is 11.7 Å². The van der Waals surface area contributed by atoms with Gasteiger partial charge in [-0.3, -0.25) is 0 Å². The van der Waals surface area contributed by atoms with Gasteiger partial charge in [-0.2, -0.15) is 13.2 Å². The molecule has 8 heteroatoms. The summed E-state index contributed by atoms with van der Waals surface area (Å²) in [4.78, 5) is 20.1. The van der Waals surface area contributed by atoms with Crippen molar-refractivity contribution in [3.8, 4) is 0 Å². The summed E-state index contributed by atoms with van der Waals surface area (Å²) in [5, 5.41) is 3.10. The van der Waals surface area contributed by atoms with Gasteiger partial charge in [0.15, 0.2) is 0 Å². The molecule has 0 aliphatic carbocycles. The van der Waals surface area contributed by atoms with Crippen LogP contribution in [-0.4, -0.2) is 48.1 Å². The number of piperidine rings is 2. The van der Waals surface area contributed by atoms with Crippen LogP contribution in [0.3, 0.4) is 0 Å². The van der Waals surface area contributed by atoms with Gasteiger partial charge in [-0.05, 0) is 43.7 Å². The topological polar surface area (TPSA) is 48.5 Å². The summed E-state index contributed by atoms with van der Waals surface area (Å²) in [7, 11) is 0. The van der Waals surface area contributed by atoms with Crippen LogP contribution in [0.2, 0.25) is 0 Å². The fourth-order valence-corrected chi connectivity index (χ4v) is 3.47. The predicted molar refractivity (Wildman–Crippen MR) is 93.0 cm³/mol. The largest absolute Gasteiger partial charge is 0.417 e. The zero-order valence-corrected chi connectivity index (χ0v) is 14.9. The van der Waals surface area contributed by atoms with Crippen molar-refractivity contribution in [2.75, 3.05) is 31.1 Å². The highest BCUT2D eigenvalue weighted by molar-refractivity contribution is 5.74. The molecule has 0 atom stereocenters. The Morgan fingerprint density at radius 3 is 2.31 bits per heavy atom. The van der Waals surface area contributed by atoms with E-state index in [1.54, 1.807) is 0 Å². The van der Waals surface area contributed by atoms with Gasteiger partial charge < -0.3 is 15.1 Å². The van der Waals surface area contributed by atoms with Crippen LogP contribution in [0.1, 0.15) is 38.2 Å². The summed E-state index contributed by atoms with van der Waals surface area (Å²) in [5.41, 5.74) is -0.737. The number of hydrogen-bond acceptors (Lipinski definition) is 3. The molecule has 0 saturated carbocycles. The molecule has 1 N–H and O–H groups in total. The number of carbonyl (C=O) groups is 1. The van der Waals surface area contributed by atoms with Gasteiger partial charge in [0, 0.05) is 38.4 Å². The van der Waals surface area contributed by atoms with Gasteiger partial charge >= 0.3 is 12.2 Å². The van der Waals surface area contributed by atoms with E-state index in [1.165, 1.54) is 6.07 Å². The summed E-state index contributed by atoms with van der Waals surface area (Å²) in [6.07, 6.45) is 0.129. The van der Waals surface area contributed by atoms with E-state index in [0.29, 0.717) is 24.8 Å². The molecule has 0 aromatic carbocycles. The van der Waals surface area contributed by atoms with Gasteiger partial charge in [0.1, 0.15) is 5.82 Å². The van der Waals surface area contributed by atoms with E-state index in [4.69, 9.17) is 0 Å². The first-order valence-electron chi connectivity index (χ1n) is 9.16. The summed E-state index contributed by atoms with van der Waals surface area (Å²) in [5.74, 6) is 1.23. The average molecular weight is 370 g/mol. The molecule has 144 valence electrons. The Balaban J connectivity index is 1.47. The van der Waals surface area contributed by atoms with Crippen LogP contribution in [0.4, 0.5) is 23.8 Å². The first kappa shape index (κ1) is 18.8. The van der Waals surface area contributed by atoms with Crippen molar-refractivity contribution in [1.29, 1.82) is 0 Å². The molecule has 0 bridgehead atoms. The molecule has 2 fully saturated rings. The number of amides is 2. The number of aromatic nitrogens is 1. The minimum absolute atomic E-state index is 0.00278. The summed E-state index contributed by atoms with van der Waals surface area (Å²) in [6, 6.07) is 2.58. The Labute approximate surface area is 151 Å². The van der Waals surface area contributed by atoms with Crippen molar-refractivity contribution in [3.05, 3.63) is 23.9 Å². The summed E-state index contributed by atoms with van der Waals surface area (Å²) in [6.45, 7) is 5.16. The van der Waals surface area contributed by atoms with E-state index in [1.807, 2.05) is 9.80 Å². The second-order valence-corrected chi connectivity index (χ2v) is 7.28. The standard InChI is InChI=1S/C18H25F3N4O/c1-13-4-8-25(9-5-13)17(26)23-15-6-10-24(11-7-15)16-3-2-14(12-22-16)18(19,20)21/h2-3,12-13,15H,4-11H2,1H3,(H,23,26). The van der Waals surface area contributed by atoms with E-state index in [9.17, 15) is 18.0 Å². The minimum atomic E-state index is -4.37. The molecule has 3 rings (SSSR count). The lowest BCUT2D eigenvalue weighted by Crippen LogP contribution is -2.51. The third-order valence-corrected chi connectivity index (χ3v) is 5.29. The molecule has 5 nitrogen and oxygen atoms in total. The number of alkyl halides is 3. The second kappa shape index (κ2) is 7.72. The number of likely N-dealkylation sites (tertiary alicyclic amines) is 1. The number of nitrogens with zero attached hydrogens (tertiary/aromatic N) is 3. The fourth-order valence-electron chi connectivity index (χ4n) is 3.47. The zero-order chi connectivity index (χ0) is 18.7. The van der Waals surface area contributed by atoms with Crippen LogP contribution in [-0.2, 0) is 6.18 Å². The van der Waals surface area contributed by atoms with Gasteiger partial charge in [-0.25, -0.2) is 9.78 Å². The maximum absolute atomic E-state index is 12.6. The van der Waals surface area contributed by atoms with Gasteiger partial charge in [-0.1, -0.05) is 6.92 Å². The Hall–Kier alpha value is -1.99. The van der Waals surface area contributed by atoms with E-state index in [0.717, 1.165) is 51.0 Å². The van der Waals surface area contributed by atoms with Crippen LogP contribution in [0.25, 0.3) is 0 Å². The molecule has 26 heavy (non-hydrogen) atoms. The highest BCUT2D eigenvalue weighted by Gasteiger charge is 2.31. The third-order valence-electron chi connectivity index (χ3n) is 5.29. The molecular weight excluding hydrogens is 345 g/mol. The number of carbonyl (C=O) groups excluding carboxylic acids is 1. The lowest BCUT2D eigenvalue weighted by atomic mass is 9.99. The summed E-state index contributed by atoms with van der Waals surface area (Å²) < 4.78 is 37.8. The monoisotopic (exact) mass is 370 g/mol. The van der Waals surface area contributed by atoms with Crippen molar-refractivity contribution in [1.82, 2.24) is 15.2 Å². The number of halogens is 3. The Morgan fingerprint density at radius 1 is 1.12 bits per heavy atom. The van der Waals surface area contributed by atoms with Gasteiger partial charge in [0.2, 0.25) is 0 Å². The summed E-state index contributed by atoms with van der Waals surface area (Å²) >= 11 is 0. The van der Waals surface area contributed by atoms with E-state index in [2.05, 4.69) is 17.2 Å². The quantitative estimate of drug-likeness (QED) is 0.867. The predicted octanol–water partition coefficient (Wildman–Crippen LogP) is 3.51. The Kier molecular flexibility index (Phi) is 5.58. The molecule has 0 unspecified atom stereocenters. The smallest absolute Gasteiger partial charge is 0.356 e. The highest BCUT2D eigenvalue weighted by atomic mass is 19.4. The normalized spacial score (nSPS) is 20.3. The number of pyridine rings is 1. The molecule has 2 saturated heterocycles. The maximum Gasteiger partial charge on any atom is 0.417 e. The highest BCUT2D eigenvalue weighted by Crippen LogP contribution is 2.29. The molecule has 2 amide bonds. The van der Waals surface area contributed by atoms with Gasteiger partial charge in [0.25, 0.3) is 0 Å². The van der Waals surface area contributed by atoms with Crippen molar-refractivity contribution in [2.24, 2.45) is 5.92 Å². The van der Waals surface area contributed by atoms with Crippen molar-refractivity contribution in [2.45, 2.75) is 44.8 Å². The number of urea groups is 1. The number of nitrogens with one attached hydrogen (secondary N) is 1. The number of anilines is 1. The van der Waals surface area contributed by atoms with E-state index >= 15 is 0 Å². The molecule has 0 spiro atoms. The van der Waals surface area contributed by atoms with Crippen LogP contribution in [0.15, 0.2) is 18.3 Å². The van der Waals surface area contributed by atoms with Crippen molar-refractivity contribution < 1.29 is 18.0 Å². The molecule has 2 aliphatic heterocycles. The zero-order valence-electron chi connectivity index (χ0n) is 14.9. The maximum atomic E-state index is 12.6. The lowest BCUT2D eigenvalue weighted by Gasteiger charge is -2.36. The molecule has 2 aliphatic rings.